The molecule has 0 bridgehead atoms. The molecule has 0 spiro atoms. The SMILES string of the molecule is COCCOCC(C)(C)OC(=O)C(F)(F)Br. The predicted octanol–water partition coefficient (Wildman–Crippen LogP) is 1.96. The molecule has 0 aromatic rings. The molecule has 0 heterocycles. The van der Waals surface area contributed by atoms with Crippen molar-refractivity contribution < 1.29 is 27.8 Å². The van der Waals surface area contributed by atoms with Crippen molar-refractivity contribution in [3.05, 3.63) is 0 Å². The molecule has 0 aliphatic heterocycles. The van der Waals surface area contributed by atoms with Crippen molar-refractivity contribution in [2.45, 2.75) is 24.3 Å². The Hall–Kier alpha value is -0.270. The molecule has 0 saturated heterocycles. The Morgan fingerprint density at radius 3 is 2.31 bits per heavy atom. The molecule has 0 aliphatic rings. The summed E-state index contributed by atoms with van der Waals surface area (Å²) in [6, 6.07) is 0. The third-order valence-corrected chi connectivity index (χ3v) is 1.81. The standard InChI is InChI=1S/C9H15BrF2O4/c1-8(2,6-15-5-4-14-3)16-7(13)9(10,11)12/h4-6H2,1-3H3. The first kappa shape index (κ1) is 15.7. The number of rotatable bonds is 7. The topological polar surface area (TPSA) is 44.8 Å². The smallest absolute Gasteiger partial charge is 0.396 e. The Morgan fingerprint density at radius 2 is 1.88 bits per heavy atom. The van der Waals surface area contributed by atoms with Crippen LogP contribution in [0.3, 0.4) is 0 Å². The summed E-state index contributed by atoms with van der Waals surface area (Å²) in [5.41, 5.74) is -1.11. The molecule has 0 N–H and O–H groups in total. The lowest BCUT2D eigenvalue weighted by Gasteiger charge is -2.25. The summed E-state index contributed by atoms with van der Waals surface area (Å²) in [6.07, 6.45) is 0. The van der Waals surface area contributed by atoms with Crippen LogP contribution in [0.2, 0.25) is 0 Å². The molecule has 0 fully saturated rings. The zero-order valence-corrected chi connectivity index (χ0v) is 11.0. The number of halogens is 3. The van der Waals surface area contributed by atoms with Gasteiger partial charge in [0.05, 0.1) is 19.8 Å². The molecule has 0 saturated carbocycles. The van der Waals surface area contributed by atoms with Crippen LogP contribution >= 0.6 is 15.9 Å². The maximum atomic E-state index is 12.5. The van der Waals surface area contributed by atoms with E-state index in [4.69, 9.17) is 9.47 Å². The Balaban J connectivity index is 4.00. The summed E-state index contributed by atoms with van der Waals surface area (Å²) in [7, 11) is 1.51. The summed E-state index contributed by atoms with van der Waals surface area (Å²) in [5.74, 6) is -1.63. The van der Waals surface area contributed by atoms with Crippen LogP contribution in [0.4, 0.5) is 8.78 Å². The minimum absolute atomic E-state index is 0.0190. The second kappa shape index (κ2) is 6.46. The molecule has 7 heteroatoms. The van der Waals surface area contributed by atoms with Gasteiger partial charge >= 0.3 is 10.8 Å². The zero-order chi connectivity index (χ0) is 12.8. The van der Waals surface area contributed by atoms with E-state index in [1.54, 1.807) is 0 Å². The van der Waals surface area contributed by atoms with Gasteiger partial charge in [-0.1, -0.05) is 0 Å². The Labute approximate surface area is 101 Å². The van der Waals surface area contributed by atoms with Crippen LogP contribution in [0.15, 0.2) is 0 Å². The van der Waals surface area contributed by atoms with Gasteiger partial charge in [-0.3, -0.25) is 0 Å². The van der Waals surface area contributed by atoms with Crippen LogP contribution in [0.5, 0.6) is 0 Å². The number of hydrogen-bond acceptors (Lipinski definition) is 4. The van der Waals surface area contributed by atoms with Gasteiger partial charge in [-0.05, 0) is 13.8 Å². The van der Waals surface area contributed by atoms with Crippen molar-refractivity contribution in [2.24, 2.45) is 0 Å². The first-order chi connectivity index (χ1) is 7.19. The van der Waals surface area contributed by atoms with Crippen molar-refractivity contribution >= 4 is 21.9 Å². The third-order valence-electron chi connectivity index (χ3n) is 1.48. The molecule has 0 amide bonds. The molecule has 0 unspecified atom stereocenters. The van der Waals surface area contributed by atoms with Gasteiger partial charge in [0.1, 0.15) is 5.60 Å². The highest BCUT2D eigenvalue weighted by atomic mass is 79.9. The number of alkyl halides is 3. The fraction of sp³-hybridized carbons (Fsp3) is 0.889. The third kappa shape index (κ3) is 7.08. The van der Waals surface area contributed by atoms with E-state index >= 15 is 0 Å². The van der Waals surface area contributed by atoms with Crippen LogP contribution < -0.4 is 0 Å². The second-order valence-electron chi connectivity index (χ2n) is 3.69. The molecule has 16 heavy (non-hydrogen) atoms. The van der Waals surface area contributed by atoms with Gasteiger partial charge in [-0.25, -0.2) is 4.79 Å². The molecular weight excluding hydrogens is 290 g/mol. The minimum atomic E-state index is -3.67. The van der Waals surface area contributed by atoms with E-state index in [1.807, 2.05) is 15.9 Å². The van der Waals surface area contributed by atoms with Crippen molar-refractivity contribution in [3.63, 3.8) is 0 Å². The summed E-state index contributed by atoms with van der Waals surface area (Å²) < 4.78 is 39.3. The van der Waals surface area contributed by atoms with E-state index < -0.39 is 16.4 Å². The molecule has 0 atom stereocenters. The Kier molecular flexibility index (Phi) is 6.35. The van der Waals surface area contributed by atoms with E-state index in [2.05, 4.69) is 4.74 Å². The van der Waals surface area contributed by atoms with E-state index in [-0.39, 0.29) is 6.61 Å². The van der Waals surface area contributed by atoms with Crippen LogP contribution in [0, 0.1) is 0 Å². The molecular formula is C9H15BrF2O4. The van der Waals surface area contributed by atoms with Crippen molar-refractivity contribution in [2.75, 3.05) is 26.9 Å². The molecule has 0 aromatic heterocycles. The molecule has 0 rings (SSSR count). The largest absolute Gasteiger partial charge is 0.452 e. The first-order valence-electron chi connectivity index (χ1n) is 4.56. The van der Waals surface area contributed by atoms with Gasteiger partial charge in [0.15, 0.2) is 0 Å². The van der Waals surface area contributed by atoms with Crippen LogP contribution in [-0.2, 0) is 19.0 Å². The number of ether oxygens (including phenoxy) is 3. The lowest BCUT2D eigenvalue weighted by Crippen LogP contribution is -2.38. The van der Waals surface area contributed by atoms with E-state index in [9.17, 15) is 13.6 Å². The summed E-state index contributed by atoms with van der Waals surface area (Å²) in [5, 5.41) is 0. The summed E-state index contributed by atoms with van der Waals surface area (Å²) in [4.78, 5) is 7.20. The van der Waals surface area contributed by atoms with Crippen LogP contribution in [0.1, 0.15) is 13.8 Å². The monoisotopic (exact) mass is 304 g/mol. The quantitative estimate of drug-likeness (QED) is 0.410. The van der Waals surface area contributed by atoms with Crippen LogP contribution in [-0.4, -0.2) is 43.3 Å². The van der Waals surface area contributed by atoms with Gasteiger partial charge in [0, 0.05) is 23.0 Å². The van der Waals surface area contributed by atoms with E-state index in [1.165, 1.54) is 21.0 Å². The predicted molar refractivity (Wildman–Crippen MR) is 56.7 cm³/mol. The molecule has 96 valence electrons. The fourth-order valence-corrected chi connectivity index (χ4v) is 0.879. The number of carbonyl (C=O) groups is 1. The van der Waals surface area contributed by atoms with Gasteiger partial charge in [0.2, 0.25) is 0 Å². The highest BCUT2D eigenvalue weighted by molar-refractivity contribution is 9.10. The van der Waals surface area contributed by atoms with E-state index in [0.29, 0.717) is 13.2 Å². The average Bonchev–Trinajstić information content (AvgIpc) is 2.10. The van der Waals surface area contributed by atoms with Crippen molar-refractivity contribution in [1.82, 2.24) is 0 Å². The Morgan fingerprint density at radius 1 is 1.31 bits per heavy atom. The lowest BCUT2D eigenvalue weighted by molar-refractivity contribution is -0.178. The fourth-order valence-electron chi connectivity index (χ4n) is 0.798. The van der Waals surface area contributed by atoms with Gasteiger partial charge in [-0.15, -0.1) is 0 Å². The second-order valence-corrected chi connectivity index (χ2v) is 4.69. The minimum Gasteiger partial charge on any atom is -0.452 e. The summed E-state index contributed by atoms with van der Waals surface area (Å²) in [6.45, 7) is 3.68. The number of methoxy groups -OCH3 is 1. The lowest BCUT2D eigenvalue weighted by atomic mass is 10.1. The van der Waals surface area contributed by atoms with Gasteiger partial charge in [-0.2, -0.15) is 8.78 Å². The zero-order valence-electron chi connectivity index (χ0n) is 9.39. The molecule has 0 aliphatic carbocycles. The van der Waals surface area contributed by atoms with Crippen molar-refractivity contribution in [3.8, 4) is 0 Å². The number of carbonyl (C=O) groups excluding carboxylic acids is 1. The van der Waals surface area contributed by atoms with Gasteiger partial charge < -0.3 is 14.2 Å². The Bertz CT molecular complexity index is 228. The summed E-state index contributed by atoms with van der Waals surface area (Å²) >= 11 is 1.92. The van der Waals surface area contributed by atoms with E-state index in [0.717, 1.165) is 0 Å². The average molecular weight is 305 g/mol. The normalized spacial score (nSPS) is 12.6. The van der Waals surface area contributed by atoms with Gasteiger partial charge in [0.25, 0.3) is 0 Å². The molecule has 0 aromatic carbocycles. The maximum Gasteiger partial charge on any atom is 0.396 e. The molecule has 0 radical (unpaired) electrons. The number of hydrogen-bond donors (Lipinski definition) is 0. The maximum absolute atomic E-state index is 12.5. The highest BCUT2D eigenvalue weighted by Gasteiger charge is 2.40. The highest BCUT2D eigenvalue weighted by Crippen LogP contribution is 2.26. The van der Waals surface area contributed by atoms with Crippen LogP contribution in [0.25, 0.3) is 0 Å². The van der Waals surface area contributed by atoms with Crippen molar-refractivity contribution in [1.29, 1.82) is 0 Å². The molecule has 4 nitrogen and oxygen atoms in total. The number of esters is 1. The first-order valence-corrected chi connectivity index (χ1v) is 5.35.